The lowest BCUT2D eigenvalue weighted by Crippen LogP contribution is -2.30. The summed E-state index contributed by atoms with van der Waals surface area (Å²) in [5, 5.41) is 3.37. The molecule has 2 heterocycles. The van der Waals surface area contributed by atoms with Crippen LogP contribution in [0.3, 0.4) is 0 Å². The maximum absolute atomic E-state index is 5.39. The molecule has 3 nitrogen and oxygen atoms in total. The Morgan fingerprint density at radius 1 is 1.50 bits per heavy atom. The quantitative estimate of drug-likeness (QED) is 0.778. The van der Waals surface area contributed by atoms with Gasteiger partial charge in [-0.3, -0.25) is 0 Å². The molecule has 1 saturated heterocycles. The van der Waals surface area contributed by atoms with E-state index in [2.05, 4.69) is 16.4 Å². The van der Waals surface area contributed by atoms with Crippen LogP contribution in [0.2, 0.25) is 0 Å². The summed E-state index contributed by atoms with van der Waals surface area (Å²) in [4.78, 5) is 4.31. The molecule has 0 bridgehead atoms. The zero-order chi connectivity index (χ0) is 9.80. The fraction of sp³-hybridized carbons (Fsp3) is 0.545. The van der Waals surface area contributed by atoms with Crippen molar-refractivity contribution < 1.29 is 4.74 Å². The molecule has 0 saturated carbocycles. The first kappa shape index (κ1) is 9.46. The van der Waals surface area contributed by atoms with Crippen molar-refractivity contribution in [3.8, 4) is 0 Å². The van der Waals surface area contributed by atoms with Gasteiger partial charge in [-0.2, -0.15) is 0 Å². The predicted molar refractivity (Wildman–Crippen MR) is 56.4 cm³/mol. The Morgan fingerprint density at radius 3 is 3.07 bits per heavy atom. The van der Waals surface area contributed by atoms with Gasteiger partial charge in [0.25, 0.3) is 0 Å². The van der Waals surface area contributed by atoms with E-state index >= 15 is 0 Å². The molecule has 1 aromatic rings. The third kappa shape index (κ3) is 2.45. The van der Waals surface area contributed by atoms with Crippen LogP contribution in [0, 0.1) is 6.92 Å². The number of anilines is 1. The lowest BCUT2D eigenvalue weighted by molar-refractivity contribution is 0.0875. The fourth-order valence-electron chi connectivity index (χ4n) is 1.62. The summed E-state index contributed by atoms with van der Waals surface area (Å²) < 4.78 is 5.39. The van der Waals surface area contributed by atoms with Crippen LogP contribution in [0.4, 0.5) is 5.82 Å². The molecule has 1 atom stereocenters. The Hall–Kier alpha value is -1.09. The second kappa shape index (κ2) is 4.42. The largest absolute Gasteiger partial charge is 0.379 e. The van der Waals surface area contributed by atoms with Crippen molar-refractivity contribution in [2.45, 2.75) is 25.8 Å². The average Bonchev–Trinajstić information content (AvgIpc) is 2.23. The van der Waals surface area contributed by atoms with E-state index in [1.54, 1.807) is 0 Å². The van der Waals surface area contributed by atoms with Gasteiger partial charge in [-0.1, -0.05) is 6.07 Å². The van der Waals surface area contributed by atoms with Crippen molar-refractivity contribution >= 4 is 5.82 Å². The van der Waals surface area contributed by atoms with Crippen LogP contribution in [0.5, 0.6) is 0 Å². The van der Waals surface area contributed by atoms with Crippen LogP contribution in [0.25, 0.3) is 0 Å². The van der Waals surface area contributed by atoms with Gasteiger partial charge in [-0.05, 0) is 31.4 Å². The van der Waals surface area contributed by atoms with Crippen molar-refractivity contribution in [1.82, 2.24) is 4.98 Å². The predicted octanol–water partition coefficient (Wildman–Crippen LogP) is 1.98. The van der Waals surface area contributed by atoms with E-state index in [4.69, 9.17) is 4.74 Å². The highest BCUT2D eigenvalue weighted by atomic mass is 16.5. The normalized spacial score (nSPS) is 21.9. The first-order valence-electron chi connectivity index (χ1n) is 5.11. The van der Waals surface area contributed by atoms with Crippen LogP contribution in [0.15, 0.2) is 18.3 Å². The molecule has 1 fully saturated rings. The highest BCUT2D eigenvalue weighted by molar-refractivity contribution is 5.36. The number of nitrogens with zero attached hydrogens (tertiary/aromatic N) is 1. The third-order valence-electron chi connectivity index (χ3n) is 2.42. The SMILES string of the molecule is Cc1ccc(NC2CCCOC2)nc1. The first-order valence-corrected chi connectivity index (χ1v) is 5.11. The van der Waals surface area contributed by atoms with Gasteiger partial charge in [0.05, 0.1) is 12.6 Å². The average molecular weight is 192 g/mol. The second-order valence-electron chi connectivity index (χ2n) is 3.78. The summed E-state index contributed by atoms with van der Waals surface area (Å²) in [5.41, 5.74) is 1.19. The second-order valence-corrected chi connectivity index (χ2v) is 3.78. The third-order valence-corrected chi connectivity index (χ3v) is 2.42. The zero-order valence-electron chi connectivity index (χ0n) is 8.49. The lowest BCUT2D eigenvalue weighted by atomic mass is 10.1. The van der Waals surface area contributed by atoms with Gasteiger partial charge in [-0.15, -0.1) is 0 Å². The van der Waals surface area contributed by atoms with Crippen LogP contribution >= 0.6 is 0 Å². The smallest absolute Gasteiger partial charge is 0.126 e. The molecule has 1 aliphatic rings. The minimum atomic E-state index is 0.430. The molecule has 0 aliphatic carbocycles. The number of ether oxygens (including phenoxy) is 1. The Labute approximate surface area is 84.5 Å². The molecule has 14 heavy (non-hydrogen) atoms. The van der Waals surface area contributed by atoms with Crippen molar-refractivity contribution in [3.63, 3.8) is 0 Å². The molecule has 2 rings (SSSR count). The number of aryl methyl sites for hydroxylation is 1. The fourth-order valence-corrected chi connectivity index (χ4v) is 1.62. The Morgan fingerprint density at radius 2 is 2.43 bits per heavy atom. The van der Waals surface area contributed by atoms with Crippen molar-refractivity contribution in [3.05, 3.63) is 23.9 Å². The molecular weight excluding hydrogens is 176 g/mol. The standard InChI is InChI=1S/C11H16N2O/c1-9-4-5-11(12-7-9)13-10-3-2-6-14-8-10/h4-5,7,10H,2-3,6,8H2,1H3,(H,12,13). The monoisotopic (exact) mass is 192 g/mol. The van der Waals surface area contributed by atoms with Crippen molar-refractivity contribution in [2.75, 3.05) is 18.5 Å². The van der Waals surface area contributed by atoms with E-state index in [-0.39, 0.29) is 0 Å². The summed E-state index contributed by atoms with van der Waals surface area (Å²) >= 11 is 0. The minimum Gasteiger partial charge on any atom is -0.379 e. The maximum atomic E-state index is 5.39. The molecule has 1 aliphatic heterocycles. The maximum Gasteiger partial charge on any atom is 0.126 e. The minimum absolute atomic E-state index is 0.430. The van der Waals surface area contributed by atoms with Crippen LogP contribution in [0.1, 0.15) is 18.4 Å². The molecule has 0 aromatic carbocycles. The van der Waals surface area contributed by atoms with E-state index in [0.717, 1.165) is 25.5 Å². The van der Waals surface area contributed by atoms with Gasteiger partial charge in [0.2, 0.25) is 0 Å². The number of pyridine rings is 1. The number of aromatic nitrogens is 1. The number of hydrogen-bond acceptors (Lipinski definition) is 3. The molecule has 0 spiro atoms. The Balaban J connectivity index is 1.92. The number of rotatable bonds is 2. The van der Waals surface area contributed by atoms with E-state index in [9.17, 15) is 0 Å². The van der Waals surface area contributed by atoms with Gasteiger partial charge >= 0.3 is 0 Å². The molecule has 1 aromatic heterocycles. The van der Waals surface area contributed by atoms with Gasteiger partial charge < -0.3 is 10.1 Å². The lowest BCUT2D eigenvalue weighted by Gasteiger charge is -2.23. The Kier molecular flexibility index (Phi) is 2.99. The van der Waals surface area contributed by atoms with E-state index < -0.39 is 0 Å². The molecule has 1 unspecified atom stereocenters. The highest BCUT2D eigenvalue weighted by Gasteiger charge is 2.13. The summed E-state index contributed by atoms with van der Waals surface area (Å²) in [6.45, 7) is 3.75. The molecular formula is C11H16N2O. The highest BCUT2D eigenvalue weighted by Crippen LogP contribution is 2.12. The number of nitrogens with one attached hydrogen (secondary N) is 1. The summed E-state index contributed by atoms with van der Waals surface area (Å²) in [7, 11) is 0. The van der Waals surface area contributed by atoms with E-state index in [1.807, 2.05) is 19.2 Å². The van der Waals surface area contributed by atoms with Crippen molar-refractivity contribution in [1.29, 1.82) is 0 Å². The Bertz CT molecular complexity index is 278. The summed E-state index contributed by atoms with van der Waals surface area (Å²) in [6.07, 6.45) is 4.20. The number of hydrogen-bond donors (Lipinski definition) is 1. The molecule has 0 amide bonds. The van der Waals surface area contributed by atoms with Crippen LogP contribution < -0.4 is 5.32 Å². The van der Waals surface area contributed by atoms with Gasteiger partial charge in [0.15, 0.2) is 0 Å². The summed E-state index contributed by atoms with van der Waals surface area (Å²) in [6, 6.07) is 4.52. The van der Waals surface area contributed by atoms with E-state index in [1.165, 1.54) is 12.0 Å². The van der Waals surface area contributed by atoms with E-state index in [0.29, 0.717) is 6.04 Å². The van der Waals surface area contributed by atoms with Gasteiger partial charge in [-0.25, -0.2) is 4.98 Å². The van der Waals surface area contributed by atoms with Crippen molar-refractivity contribution in [2.24, 2.45) is 0 Å². The van der Waals surface area contributed by atoms with Crippen LogP contribution in [-0.4, -0.2) is 24.2 Å². The molecule has 1 N–H and O–H groups in total. The summed E-state index contributed by atoms with van der Waals surface area (Å²) in [5.74, 6) is 0.950. The van der Waals surface area contributed by atoms with Gasteiger partial charge in [0.1, 0.15) is 5.82 Å². The zero-order valence-corrected chi connectivity index (χ0v) is 8.49. The topological polar surface area (TPSA) is 34.1 Å². The first-order chi connectivity index (χ1) is 6.84. The molecule has 3 heteroatoms. The molecule has 76 valence electrons. The molecule has 0 radical (unpaired) electrons. The van der Waals surface area contributed by atoms with Gasteiger partial charge in [0, 0.05) is 12.8 Å². The van der Waals surface area contributed by atoms with Crippen LogP contribution in [-0.2, 0) is 4.74 Å².